The van der Waals surface area contributed by atoms with Gasteiger partial charge in [0.05, 0.1) is 51.5 Å². The topological polar surface area (TPSA) is 144 Å². The van der Waals surface area contributed by atoms with Crippen molar-refractivity contribution in [3.63, 3.8) is 0 Å². The number of hydrogen-bond acceptors (Lipinski definition) is 13. The summed E-state index contributed by atoms with van der Waals surface area (Å²) in [4.78, 5) is 36.1. The Morgan fingerprint density at radius 1 is 0.850 bits per heavy atom. The molecular formula is C27H44O13. The maximum atomic E-state index is 12.5. The third-order valence-electron chi connectivity index (χ3n) is 7.25. The normalized spacial score (nSPS) is 32.1. The summed E-state index contributed by atoms with van der Waals surface area (Å²) in [6.07, 6.45) is 0.738. The zero-order chi connectivity index (χ0) is 29.1. The van der Waals surface area contributed by atoms with E-state index in [-0.39, 0.29) is 31.5 Å². The summed E-state index contributed by atoms with van der Waals surface area (Å²) in [6, 6.07) is 0. The molecule has 230 valence electrons. The van der Waals surface area contributed by atoms with Crippen LogP contribution in [0.2, 0.25) is 0 Å². The third kappa shape index (κ3) is 8.81. The number of ether oxygens (including phenoxy) is 10. The van der Waals surface area contributed by atoms with Crippen LogP contribution in [0.25, 0.3) is 0 Å². The predicted molar refractivity (Wildman–Crippen MR) is 136 cm³/mol. The van der Waals surface area contributed by atoms with Gasteiger partial charge in [-0.05, 0) is 6.42 Å². The summed E-state index contributed by atoms with van der Waals surface area (Å²) in [5.41, 5.74) is -0.388. The van der Waals surface area contributed by atoms with Gasteiger partial charge in [0.1, 0.15) is 19.1 Å². The summed E-state index contributed by atoms with van der Waals surface area (Å²) in [5, 5.41) is 0. The Kier molecular flexibility index (Phi) is 12.6. The van der Waals surface area contributed by atoms with Crippen LogP contribution >= 0.6 is 0 Å². The lowest BCUT2D eigenvalue weighted by molar-refractivity contribution is -0.379. The molecule has 0 amide bonds. The Morgan fingerprint density at radius 2 is 1.48 bits per heavy atom. The largest absolute Gasteiger partial charge is 0.465 e. The standard InChI is InChI=1S/C27H44O13/c1-5-26(18-32-4)35-14-25(15-36-26)16-37-27(6-2,38-17-25)19-33-11-8-12-34-23(30)20-13-22(29)40-24(20)39-21(28)9-7-10-31-3/h20,24H,5-19H2,1-4H3. The molecule has 3 aliphatic rings. The molecule has 0 aromatic heterocycles. The molecule has 0 N–H and O–H groups in total. The molecular weight excluding hydrogens is 532 g/mol. The molecule has 13 nitrogen and oxygen atoms in total. The van der Waals surface area contributed by atoms with E-state index in [2.05, 4.69) is 0 Å². The minimum absolute atomic E-state index is 0.0668. The number of methoxy groups -OCH3 is 2. The monoisotopic (exact) mass is 576 g/mol. The van der Waals surface area contributed by atoms with Crippen molar-refractivity contribution in [3.8, 4) is 0 Å². The first kappa shape index (κ1) is 32.6. The van der Waals surface area contributed by atoms with Gasteiger partial charge in [-0.3, -0.25) is 14.4 Å². The smallest absolute Gasteiger partial charge is 0.317 e. The Labute approximate surface area is 235 Å². The Balaban J connectivity index is 1.34. The molecule has 0 radical (unpaired) electrons. The molecule has 3 heterocycles. The molecule has 0 saturated carbocycles. The summed E-state index contributed by atoms with van der Waals surface area (Å²) in [7, 11) is 3.15. The van der Waals surface area contributed by atoms with Gasteiger partial charge in [-0.2, -0.15) is 0 Å². The van der Waals surface area contributed by atoms with Gasteiger partial charge in [0, 0.05) is 46.5 Å². The van der Waals surface area contributed by atoms with E-state index in [1.165, 1.54) is 7.11 Å². The average Bonchev–Trinajstić information content (AvgIpc) is 3.33. The van der Waals surface area contributed by atoms with Crippen molar-refractivity contribution < 1.29 is 61.8 Å². The second kappa shape index (κ2) is 15.4. The van der Waals surface area contributed by atoms with Crippen molar-refractivity contribution in [1.29, 1.82) is 0 Å². The van der Waals surface area contributed by atoms with Crippen molar-refractivity contribution in [3.05, 3.63) is 0 Å². The lowest BCUT2D eigenvalue weighted by atomic mass is 9.89. The first-order valence-electron chi connectivity index (χ1n) is 13.9. The van der Waals surface area contributed by atoms with Crippen molar-refractivity contribution >= 4 is 17.9 Å². The zero-order valence-corrected chi connectivity index (χ0v) is 24.1. The number of carbonyl (C=O) groups is 3. The zero-order valence-electron chi connectivity index (χ0n) is 24.1. The maximum absolute atomic E-state index is 12.5. The number of carbonyl (C=O) groups excluding carboxylic acids is 3. The van der Waals surface area contributed by atoms with E-state index in [4.69, 9.17) is 47.4 Å². The van der Waals surface area contributed by atoms with Crippen LogP contribution in [-0.4, -0.2) is 109 Å². The van der Waals surface area contributed by atoms with Gasteiger partial charge < -0.3 is 47.4 Å². The molecule has 0 bridgehead atoms. The fraction of sp³-hybridized carbons (Fsp3) is 0.889. The molecule has 0 aromatic rings. The quantitative estimate of drug-likeness (QED) is 0.194. The Hall–Kier alpha value is -1.87. The summed E-state index contributed by atoms with van der Waals surface area (Å²) >= 11 is 0. The van der Waals surface area contributed by atoms with Crippen LogP contribution in [0.3, 0.4) is 0 Å². The highest BCUT2D eigenvalue weighted by Crippen LogP contribution is 2.38. The van der Waals surface area contributed by atoms with Crippen LogP contribution in [0.15, 0.2) is 0 Å². The van der Waals surface area contributed by atoms with Crippen LogP contribution in [0.5, 0.6) is 0 Å². The van der Waals surface area contributed by atoms with Gasteiger partial charge in [0.25, 0.3) is 6.29 Å². The lowest BCUT2D eigenvalue weighted by Gasteiger charge is -2.50. The van der Waals surface area contributed by atoms with Crippen LogP contribution in [0.4, 0.5) is 0 Å². The highest BCUT2D eigenvalue weighted by atomic mass is 16.8. The molecule has 3 rings (SSSR count). The molecule has 3 aliphatic heterocycles. The molecule has 0 aliphatic carbocycles. The van der Waals surface area contributed by atoms with E-state index in [9.17, 15) is 14.4 Å². The van der Waals surface area contributed by atoms with Gasteiger partial charge in [-0.1, -0.05) is 13.8 Å². The van der Waals surface area contributed by atoms with Gasteiger partial charge in [-0.25, -0.2) is 0 Å². The fourth-order valence-electron chi connectivity index (χ4n) is 4.52. The summed E-state index contributed by atoms with van der Waals surface area (Å²) < 4.78 is 55.8. The van der Waals surface area contributed by atoms with Crippen LogP contribution in [-0.2, 0) is 61.8 Å². The number of hydrogen-bond donors (Lipinski definition) is 0. The van der Waals surface area contributed by atoms with Crippen molar-refractivity contribution in [2.75, 3.05) is 73.7 Å². The van der Waals surface area contributed by atoms with Crippen LogP contribution in [0.1, 0.15) is 52.4 Å². The lowest BCUT2D eigenvalue weighted by Crippen LogP contribution is -2.60. The minimum atomic E-state index is -1.28. The second-order valence-corrected chi connectivity index (χ2v) is 10.4. The molecule has 3 saturated heterocycles. The number of cyclic esters (lactones) is 1. The van der Waals surface area contributed by atoms with Gasteiger partial charge in [0.2, 0.25) is 0 Å². The predicted octanol–water partition coefficient (Wildman–Crippen LogP) is 1.73. The number of esters is 3. The first-order chi connectivity index (χ1) is 19.2. The van der Waals surface area contributed by atoms with Crippen molar-refractivity contribution in [2.24, 2.45) is 11.3 Å². The summed E-state index contributed by atoms with van der Waals surface area (Å²) in [5.74, 6) is -4.47. The molecule has 0 aromatic carbocycles. The van der Waals surface area contributed by atoms with Crippen molar-refractivity contribution in [1.82, 2.24) is 0 Å². The van der Waals surface area contributed by atoms with E-state index in [1.807, 2.05) is 13.8 Å². The molecule has 2 unspecified atom stereocenters. The van der Waals surface area contributed by atoms with Gasteiger partial charge in [-0.15, -0.1) is 0 Å². The highest BCUT2D eigenvalue weighted by Gasteiger charge is 2.50. The fourth-order valence-corrected chi connectivity index (χ4v) is 4.52. The van der Waals surface area contributed by atoms with Crippen molar-refractivity contribution in [2.45, 2.75) is 70.2 Å². The Bertz CT molecular complexity index is 813. The first-order valence-corrected chi connectivity index (χ1v) is 13.9. The van der Waals surface area contributed by atoms with E-state index in [0.717, 1.165) is 0 Å². The van der Waals surface area contributed by atoms with Crippen LogP contribution < -0.4 is 0 Å². The second-order valence-electron chi connectivity index (χ2n) is 10.4. The SMILES string of the molecule is CCC1(COC)OCC2(CO1)COC(CC)(COCCCOC(=O)C1CC(=O)OC1OC(=O)CCCOC)OC2. The van der Waals surface area contributed by atoms with Crippen LogP contribution in [0, 0.1) is 11.3 Å². The average molecular weight is 577 g/mol. The summed E-state index contributed by atoms with van der Waals surface area (Å²) in [6.45, 7) is 7.00. The van der Waals surface area contributed by atoms with E-state index >= 15 is 0 Å². The maximum Gasteiger partial charge on any atom is 0.317 e. The molecule has 2 atom stereocenters. The molecule has 1 spiro atoms. The minimum Gasteiger partial charge on any atom is -0.465 e. The van der Waals surface area contributed by atoms with E-state index < -0.39 is 41.7 Å². The highest BCUT2D eigenvalue weighted by molar-refractivity contribution is 5.84. The Morgan fingerprint density at radius 3 is 2.05 bits per heavy atom. The van der Waals surface area contributed by atoms with Gasteiger partial charge >= 0.3 is 17.9 Å². The van der Waals surface area contributed by atoms with E-state index in [1.54, 1.807) is 7.11 Å². The van der Waals surface area contributed by atoms with E-state index in [0.29, 0.717) is 71.9 Å². The molecule has 3 fully saturated rings. The van der Waals surface area contributed by atoms with Gasteiger partial charge in [0.15, 0.2) is 11.6 Å². The number of rotatable bonds is 16. The third-order valence-corrected chi connectivity index (χ3v) is 7.25. The molecule has 40 heavy (non-hydrogen) atoms. The molecule has 13 heteroatoms.